The SMILES string of the molecule is CCn1c(OCC(F)(F)F)nnc1[C@@H](C)NS(=O)(=O)c1ccc(C)c(C)c1. The predicted octanol–water partition coefficient (Wildman–Crippen LogP) is 2.90. The van der Waals surface area contributed by atoms with Gasteiger partial charge in [0.05, 0.1) is 10.9 Å². The standard InChI is InChI=1S/C16H21F3N4O3S/c1-5-23-14(20-21-15(23)26-9-16(17,18)19)12(4)22-27(24,25)13-7-6-10(2)11(3)8-13/h6-8,12,22H,5,9H2,1-4H3/t12-/m1/s1. The number of halogens is 3. The van der Waals surface area contributed by atoms with Gasteiger partial charge in [-0.1, -0.05) is 11.2 Å². The van der Waals surface area contributed by atoms with Gasteiger partial charge in [0, 0.05) is 6.54 Å². The molecule has 150 valence electrons. The first kappa shape index (κ1) is 21.2. The normalized spacial score (nSPS) is 13.6. The van der Waals surface area contributed by atoms with Crippen molar-refractivity contribution in [2.45, 2.75) is 51.4 Å². The van der Waals surface area contributed by atoms with E-state index in [4.69, 9.17) is 0 Å². The second kappa shape index (κ2) is 7.85. The molecule has 0 saturated heterocycles. The summed E-state index contributed by atoms with van der Waals surface area (Å²) in [5, 5.41) is 7.39. The fourth-order valence-corrected chi connectivity index (χ4v) is 3.69. The Labute approximate surface area is 155 Å². The molecule has 27 heavy (non-hydrogen) atoms. The molecule has 0 unspecified atom stereocenters. The molecule has 1 aromatic heterocycles. The molecule has 0 aliphatic heterocycles. The van der Waals surface area contributed by atoms with E-state index < -0.39 is 28.8 Å². The van der Waals surface area contributed by atoms with E-state index in [9.17, 15) is 21.6 Å². The lowest BCUT2D eigenvalue weighted by Gasteiger charge is -2.16. The largest absolute Gasteiger partial charge is 0.454 e. The van der Waals surface area contributed by atoms with E-state index in [0.717, 1.165) is 11.1 Å². The molecule has 0 aliphatic carbocycles. The molecule has 1 heterocycles. The van der Waals surface area contributed by atoms with Crippen LogP contribution in [0.5, 0.6) is 6.01 Å². The topological polar surface area (TPSA) is 86.1 Å². The van der Waals surface area contributed by atoms with Gasteiger partial charge < -0.3 is 4.74 Å². The van der Waals surface area contributed by atoms with Gasteiger partial charge in [-0.15, -0.1) is 5.10 Å². The summed E-state index contributed by atoms with van der Waals surface area (Å²) in [6.45, 7) is 5.57. The quantitative estimate of drug-likeness (QED) is 0.764. The number of alkyl halides is 3. The zero-order chi connectivity index (χ0) is 20.4. The number of hydrogen-bond acceptors (Lipinski definition) is 5. The second-order valence-electron chi connectivity index (χ2n) is 6.08. The third-order valence-electron chi connectivity index (χ3n) is 3.93. The van der Waals surface area contributed by atoms with Crippen LogP contribution in [0.2, 0.25) is 0 Å². The minimum Gasteiger partial charge on any atom is -0.454 e. The van der Waals surface area contributed by atoms with Crippen LogP contribution in [0, 0.1) is 13.8 Å². The number of nitrogens with zero attached hydrogens (tertiary/aromatic N) is 3. The van der Waals surface area contributed by atoms with Gasteiger partial charge >= 0.3 is 12.2 Å². The summed E-state index contributed by atoms with van der Waals surface area (Å²) in [5.41, 5.74) is 1.78. The van der Waals surface area contributed by atoms with Gasteiger partial charge in [0.2, 0.25) is 10.0 Å². The van der Waals surface area contributed by atoms with Gasteiger partial charge in [0.15, 0.2) is 12.4 Å². The first-order chi connectivity index (χ1) is 12.4. The fraction of sp³-hybridized carbons (Fsp3) is 0.500. The Kier molecular flexibility index (Phi) is 6.15. The number of hydrogen-bond donors (Lipinski definition) is 1. The molecule has 0 fully saturated rings. The zero-order valence-electron chi connectivity index (χ0n) is 15.3. The van der Waals surface area contributed by atoms with E-state index in [-0.39, 0.29) is 23.3 Å². The van der Waals surface area contributed by atoms with E-state index in [1.807, 2.05) is 6.92 Å². The Morgan fingerprint density at radius 2 is 1.89 bits per heavy atom. The Morgan fingerprint density at radius 1 is 1.22 bits per heavy atom. The van der Waals surface area contributed by atoms with E-state index in [0.29, 0.717) is 0 Å². The van der Waals surface area contributed by atoms with Gasteiger partial charge in [0.25, 0.3) is 0 Å². The molecule has 2 rings (SSSR count). The molecule has 0 bridgehead atoms. The van der Waals surface area contributed by atoms with Crippen molar-refractivity contribution < 1.29 is 26.3 Å². The van der Waals surface area contributed by atoms with Crippen LogP contribution < -0.4 is 9.46 Å². The number of rotatable bonds is 7. The summed E-state index contributed by atoms with van der Waals surface area (Å²) < 4.78 is 70.6. The van der Waals surface area contributed by atoms with Gasteiger partial charge in [-0.25, -0.2) is 13.1 Å². The highest BCUT2D eigenvalue weighted by molar-refractivity contribution is 7.89. The number of nitrogens with one attached hydrogen (secondary N) is 1. The predicted molar refractivity (Wildman–Crippen MR) is 91.9 cm³/mol. The summed E-state index contributed by atoms with van der Waals surface area (Å²) in [6, 6.07) is 3.59. The van der Waals surface area contributed by atoms with E-state index in [1.165, 1.54) is 17.6 Å². The van der Waals surface area contributed by atoms with Crippen molar-refractivity contribution in [2.24, 2.45) is 0 Å². The van der Waals surface area contributed by atoms with Crippen LogP contribution in [0.4, 0.5) is 13.2 Å². The molecule has 1 atom stereocenters. The smallest absolute Gasteiger partial charge is 0.422 e. The number of benzene rings is 1. The molecule has 0 spiro atoms. The Bertz CT molecular complexity index is 910. The number of ether oxygens (including phenoxy) is 1. The molecule has 11 heteroatoms. The van der Waals surface area contributed by atoms with Crippen molar-refractivity contribution in [3.63, 3.8) is 0 Å². The highest BCUT2D eigenvalue weighted by atomic mass is 32.2. The number of sulfonamides is 1. The Balaban J connectivity index is 2.23. The highest BCUT2D eigenvalue weighted by Gasteiger charge is 2.30. The maximum Gasteiger partial charge on any atom is 0.422 e. The van der Waals surface area contributed by atoms with Crippen molar-refractivity contribution in [1.29, 1.82) is 0 Å². The molecular formula is C16H21F3N4O3S. The van der Waals surface area contributed by atoms with Crippen LogP contribution in [0.15, 0.2) is 23.1 Å². The molecule has 2 aromatic rings. The second-order valence-corrected chi connectivity index (χ2v) is 7.79. The minimum absolute atomic E-state index is 0.0913. The highest BCUT2D eigenvalue weighted by Crippen LogP contribution is 2.22. The zero-order valence-corrected chi connectivity index (χ0v) is 16.1. The first-order valence-corrected chi connectivity index (χ1v) is 9.65. The fourth-order valence-electron chi connectivity index (χ4n) is 2.41. The summed E-state index contributed by atoms with van der Waals surface area (Å²) in [7, 11) is -3.85. The van der Waals surface area contributed by atoms with E-state index in [2.05, 4.69) is 19.7 Å². The molecule has 0 aliphatic rings. The Hall–Kier alpha value is -2.14. The molecule has 7 nitrogen and oxygen atoms in total. The summed E-state index contributed by atoms with van der Waals surface area (Å²) >= 11 is 0. The number of aromatic nitrogens is 3. The van der Waals surface area contributed by atoms with Crippen LogP contribution >= 0.6 is 0 Å². The monoisotopic (exact) mass is 406 g/mol. The van der Waals surface area contributed by atoms with Crippen LogP contribution in [0.25, 0.3) is 0 Å². The average Bonchev–Trinajstić information content (AvgIpc) is 2.97. The van der Waals surface area contributed by atoms with Gasteiger partial charge in [0.1, 0.15) is 0 Å². The van der Waals surface area contributed by atoms with Crippen LogP contribution in [-0.2, 0) is 16.6 Å². The Morgan fingerprint density at radius 3 is 2.44 bits per heavy atom. The summed E-state index contributed by atoms with van der Waals surface area (Å²) in [4.78, 5) is 0.0913. The average molecular weight is 406 g/mol. The van der Waals surface area contributed by atoms with Crippen molar-refractivity contribution in [2.75, 3.05) is 6.61 Å². The molecule has 0 radical (unpaired) electrons. The van der Waals surface area contributed by atoms with Gasteiger partial charge in [-0.2, -0.15) is 13.2 Å². The maximum absolute atomic E-state index is 12.6. The molecule has 0 amide bonds. The lowest BCUT2D eigenvalue weighted by molar-refractivity contribution is -0.155. The number of aryl methyl sites for hydroxylation is 2. The van der Waals surface area contributed by atoms with E-state index >= 15 is 0 Å². The molecule has 0 saturated carbocycles. The van der Waals surface area contributed by atoms with Crippen LogP contribution in [0.1, 0.15) is 36.8 Å². The summed E-state index contributed by atoms with van der Waals surface area (Å²) in [5.74, 6) is 0.155. The minimum atomic E-state index is -4.51. The van der Waals surface area contributed by atoms with Crippen LogP contribution in [-0.4, -0.2) is 36.0 Å². The lowest BCUT2D eigenvalue weighted by atomic mass is 10.1. The van der Waals surface area contributed by atoms with Gasteiger partial charge in [-0.3, -0.25) is 4.57 Å². The van der Waals surface area contributed by atoms with Crippen molar-refractivity contribution in [1.82, 2.24) is 19.5 Å². The van der Waals surface area contributed by atoms with Crippen molar-refractivity contribution in [3.8, 4) is 6.01 Å². The maximum atomic E-state index is 12.6. The lowest BCUT2D eigenvalue weighted by Crippen LogP contribution is -2.29. The third-order valence-corrected chi connectivity index (χ3v) is 5.47. The molecular weight excluding hydrogens is 385 g/mol. The van der Waals surface area contributed by atoms with Gasteiger partial charge in [-0.05, 0) is 51.0 Å². The third kappa shape index (κ3) is 5.19. The summed E-state index contributed by atoms with van der Waals surface area (Å²) in [6.07, 6.45) is -4.51. The molecule has 1 N–H and O–H groups in total. The molecule has 1 aromatic carbocycles. The van der Waals surface area contributed by atoms with Crippen molar-refractivity contribution in [3.05, 3.63) is 35.2 Å². The van der Waals surface area contributed by atoms with Crippen molar-refractivity contribution >= 4 is 10.0 Å². The van der Waals surface area contributed by atoms with Crippen LogP contribution in [0.3, 0.4) is 0 Å². The van der Waals surface area contributed by atoms with E-state index in [1.54, 1.807) is 26.0 Å². The first-order valence-electron chi connectivity index (χ1n) is 8.17.